The normalized spacial score (nSPS) is 10.4. The van der Waals surface area contributed by atoms with Crippen molar-refractivity contribution in [3.63, 3.8) is 0 Å². The van der Waals surface area contributed by atoms with Gasteiger partial charge in [-0.25, -0.2) is 4.98 Å². The number of halogens is 1. The number of rotatable bonds is 7. The topological polar surface area (TPSA) is 71.1 Å². The third kappa shape index (κ3) is 4.16. The minimum absolute atomic E-state index is 0.486. The zero-order valence-corrected chi connectivity index (χ0v) is 14.2. The number of nitrogens with one attached hydrogen (secondary N) is 3. The molecular formula is C14H18ClN5OS. The highest BCUT2D eigenvalue weighted by Crippen LogP contribution is 2.28. The van der Waals surface area contributed by atoms with Gasteiger partial charge in [-0.05, 0) is 31.5 Å². The van der Waals surface area contributed by atoms with Crippen molar-refractivity contribution < 1.29 is 4.18 Å². The molecule has 0 spiro atoms. The summed E-state index contributed by atoms with van der Waals surface area (Å²) < 4.78 is 8.06. The lowest BCUT2D eigenvalue weighted by Crippen LogP contribution is -2.05. The van der Waals surface area contributed by atoms with Crippen LogP contribution in [-0.4, -0.2) is 23.6 Å². The molecule has 0 fully saturated rings. The largest absolute Gasteiger partial charge is 0.369 e. The summed E-state index contributed by atoms with van der Waals surface area (Å²) in [7, 11) is 1.61. The first-order chi connectivity index (χ1) is 10.7. The van der Waals surface area contributed by atoms with E-state index in [2.05, 4.69) is 25.3 Å². The molecule has 1 aromatic heterocycles. The molecule has 1 aromatic carbocycles. The van der Waals surface area contributed by atoms with Crippen LogP contribution in [0.3, 0.4) is 0 Å². The van der Waals surface area contributed by atoms with Crippen molar-refractivity contribution in [1.29, 1.82) is 0 Å². The summed E-state index contributed by atoms with van der Waals surface area (Å²) in [5.74, 6) is 1.10. The minimum Gasteiger partial charge on any atom is -0.369 e. The lowest BCUT2D eigenvalue weighted by molar-refractivity contribution is 0.492. The molecule has 0 saturated carbocycles. The predicted molar refractivity (Wildman–Crippen MR) is 93.9 cm³/mol. The summed E-state index contributed by atoms with van der Waals surface area (Å²) in [6.45, 7) is 4.73. The van der Waals surface area contributed by atoms with Crippen LogP contribution in [0, 0.1) is 6.92 Å². The molecule has 0 aliphatic heterocycles. The van der Waals surface area contributed by atoms with Gasteiger partial charge in [0, 0.05) is 12.2 Å². The van der Waals surface area contributed by atoms with Crippen molar-refractivity contribution in [2.24, 2.45) is 0 Å². The van der Waals surface area contributed by atoms with E-state index in [1.54, 1.807) is 13.3 Å². The minimum atomic E-state index is 0.486. The second kappa shape index (κ2) is 8.07. The molecule has 8 heteroatoms. The van der Waals surface area contributed by atoms with E-state index in [-0.39, 0.29) is 0 Å². The van der Waals surface area contributed by atoms with Gasteiger partial charge >= 0.3 is 0 Å². The van der Waals surface area contributed by atoms with Gasteiger partial charge in [0.2, 0.25) is 5.95 Å². The Hall–Kier alpha value is -1.70. The van der Waals surface area contributed by atoms with E-state index in [1.807, 2.05) is 32.0 Å². The molecule has 0 aliphatic rings. The number of anilines is 4. The molecule has 0 bridgehead atoms. The Morgan fingerprint density at radius 2 is 2.09 bits per heavy atom. The van der Waals surface area contributed by atoms with Crippen molar-refractivity contribution in [2.75, 3.05) is 29.0 Å². The van der Waals surface area contributed by atoms with E-state index in [4.69, 9.17) is 15.8 Å². The van der Waals surface area contributed by atoms with E-state index in [9.17, 15) is 0 Å². The van der Waals surface area contributed by atoms with Crippen LogP contribution < -0.4 is 15.4 Å². The van der Waals surface area contributed by atoms with Crippen molar-refractivity contribution >= 4 is 47.0 Å². The zero-order valence-electron chi connectivity index (χ0n) is 12.6. The molecule has 3 N–H and O–H groups in total. The maximum absolute atomic E-state index is 6.05. The van der Waals surface area contributed by atoms with Crippen molar-refractivity contribution in [3.8, 4) is 0 Å². The number of aromatic nitrogens is 2. The molecule has 0 amide bonds. The first-order valence-electron chi connectivity index (χ1n) is 6.74. The van der Waals surface area contributed by atoms with Crippen LogP contribution in [0.5, 0.6) is 0 Å². The first-order valence-corrected chi connectivity index (χ1v) is 7.86. The highest BCUT2D eigenvalue weighted by Gasteiger charge is 2.08. The maximum atomic E-state index is 6.05. The Labute approximate surface area is 139 Å². The van der Waals surface area contributed by atoms with Crippen LogP contribution in [0.2, 0.25) is 5.02 Å². The van der Waals surface area contributed by atoms with E-state index < -0.39 is 0 Å². The molecule has 0 radical (unpaired) electrons. The van der Waals surface area contributed by atoms with Crippen molar-refractivity contribution in [1.82, 2.24) is 9.97 Å². The van der Waals surface area contributed by atoms with E-state index in [0.29, 0.717) is 16.8 Å². The lowest BCUT2D eigenvalue weighted by atomic mass is 10.1. The Balaban J connectivity index is 2.21. The SMILES string of the molecule is CCNc1nc(Nc2cccc(NSOC)c2C)ncc1Cl. The highest BCUT2D eigenvalue weighted by atomic mass is 35.5. The Morgan fingerprint density at radius 1 is 1.32 bits per heavy atom. The van der Waals surface area contributed by atoms with E-state index in [1.165, 1.54) is 0 Å². The van der Waals surface area contributed by atoms with Gasteiger partial charge in [0.1, 0.15) is 23.1 Å². The molecule has 118 valence electrons. The van der Waals surface area contributed by atoms with Crippen molar-refractivity contribution in [2.45, 2.75) is 13.8 Å². The lowest BCUT2D eigenvalue weighted by Gasteiger charge is -2.13. The Morgan fingerprint density at radius 3 is 2.82 bits per heavy atom. The Kier molecular flexibility index (Phi) is 6.11. The molecule has 1 heterocycles. The quantitative estimate of drug-likeness (QED) is 0.515. The van der Waals surface area contributed by atoms with Gasteiger partial charge in [0.15, 0.2) is 0 Å². The van der Waals surface area contributed by atoms with Crippen LogP contribution >= 0.6 is 23.8 Å². The highest BCUT2D eigenvalue weighted by molar-refractivity contribution is 7.96. The maximum Gasteiger partial charge on any atom is 0.229 e. The van der Waals surface area contributed by atoms with Crippen LogP contribution in [0.15, 0.2) is 24.4 Å². The average molecular weight is 340 g/mol. The fourth-order valence-corrected chi connectivity index (χ4v) is 2.36. The van der Waals surface area contributed by atoms with Gasteiger partial charge in [-0.3, -0.25) is 0 Å². The molecule has 2 aromatic rings. The standard InChI is InChI=1S/C14H18ClN5OS/c1-4-16-13-10(15)8-17-14(19-13)18-11-6-5-7-12(9(11)2)20-22-21-3/h5-8,20H,4H2,1-3H3,(H2,16,17,18,19). The average Bonchev–Trinajstić information content (AvgIpc) is 2.51. The van der Waals surface area contributed by atoms with Gasteiger partial charge in [0.25, 0.3) is 0 Å². The number of hydrogen-bond acceptors (Lipinski definition) is 7. The molecule has 0 saturated heterocycles. The summed E-state index contributed by atoms with van der Waals surface area (Å²) in [6, 6.07) is 5.87. The molecule has 0 aliphatic carbocycles. The van der Waals surface area contributed by atoms with Crippen LogP contribution in [-0.2, 0) is 4.18 Å². The summed E-state index contributed by atoms with van der Waals surface area (Å²) in [5.41, 5.74) is 2.90. The van der Waals surface area contributed by atoms with Crippen molar-refractivity contribution in [3.05, 3.63) is 35.0 Å². The first kappa shape index (κ1) is 16.7. The Bertz CT molecular complexity index is 641. The van der Waals surface area contributed by atoms with E-state index in [0.717, 1.165) is 35.7 Å². The summed E-state index contributed by atoms with van der Waals surface area (Å²) >= 11 is 7.21. The van der Waals surface area contributed by atoms with Gasteiger partial charge in [-0.15, -0.1) is 0 Å². The molecule has 22 heavy (non-hydrogen) atoms. The second-order valence-electron chi connectivity index (χ2n) is 4.38. The summed E-state index contributed by atoms with van der Waals surface area (Å²) in [4.78, 5) is 8.58. The summed E-state index contributed by atoms with van der Waals surface area (Å²) in [5, 5.41) is 6.80. The monoisotopic (exact) mass is 339 g/mol. The smallest absolute Gasteiger partial charge is 0.229 e. The molecule has 2 rings (SSSR count). The van der Waals surface area contributed by atoms with Crippen LogP contribution in [0.25, 0.3) is 0 Å². The van der Waals surface area contributed by atoms with E-state index >= 15 is 0 Å². The zero-order chi connectivity index (χ0) is 15.9. The molecule has 0 unspecified atom stereocenters. The van der Waals surface area contributed by atoms with Crippen LogP contribution in [0.1, 0.15) is 12.5 Å². The van der Waals surface area contributed by atoms with Gasteiger partial charge in [-0.2, -0.15) is 4.98 Å². The second-order valence-corrected chi connectivity index (χ2v) is 5.49. The summed E-state index contributed by atoms with van der Waals surface area (Å²) in [6.07, 6.45) is 1.58. The number of nitrogens with zero attached hydrogens (tertiary/aromatic N) is 2. The number of hydrogen-bond donors (Lipinski definition) is 3. The molecular weight excluding hydrogens is 322 g/mol. The molecule has 6 nitrogen and oxygen atoms in total. The third-order valence-electron chi connectivity index (χ3n) is 2.90. The number of benzene rings is 1. The molecule has 0 atom stereocenters. The fourth-order valence-electron chi connectivity index (χ4n) is 1.81. The predicted octanol–water partition coefficient (Wildman–Crippen LogP) is 4.24. The van der Waals surface area contributed by atoms with Crippen LogP contribution in [0.4, 0.5) is 23.1 Å². The van der Waals surface area contributed by atoms with Gasteiger partial charge in [-0.1, -0.05) is 17.7 Å². The van der Waals surface area contributed by atoms with Gasteiger partial charge < -0.3 is 19.5 Å². The fraction of sp³-hybridized carbons (Fsp3) is 0.286. The third-order valence-corrected chi connectivity index (χ3v) is 3.65. The van der Waals surface area contributed by atoms with Gasteiger partial charge in [0.05, 0.1) is 19.0 Å².